The number of nitrogens with zero attached hydrogens (tertiary/aromatic N) is 4. The van der Waals surface area contributed by atoms with Crippen LogP contribution in [0.15, 0.2) is 84.9 Å². The van der Waals surface area contributed by atoms with Crippen molar-refractivity contribution in [3.8, 4) is 6.07 Å². The molecule has 1 aromatic heterocycles. The topological polar surface area (TPSA) is 81.9 Å². The second-order valence-electron chi connectivity index (χ2n) is 9.74. The molecule has 5 rings (SSSR count). The number of amides is 1. The van der Waals surface area contributed by atoms with Crippen LogP contribution < -0.4 is 10.2 Å². The summed E-state index contributed by atoms with van der Waals surface area (Å²) in [5.41, 5.74) is 4.23. The maximum atomic E-state index is 13.4. The van der Waals surface area contributed by atoms with E-state index < -0.39 is 5.92 Å². The SMILES string of the molecule is CC(NC(=O)C(C#N)c1nc2ccccc2nc1N1CCC(Cc2ccccc2)CC1)c1ccccc1. The van der Waals surface area contributed by atoms with Gasteiger partial charge in [0.1, 0.15) is 5.69 Å². The minimum absolute atomic E-state index is 0.227. The summed E-state index contributed by atoms with van der Waals surface area (Å²) in [6.07, 6.45) is 3.11. The van der Waals surface area contributed by atoms with Gasteiger partial charge in [0.25, 0.3) is 0 Å². The van der Waals surface area contributed by atoms with E-state index >= 15 is 0 Å². The van der Waals surface area contributed by atoms with Crippen LogP contribution in [0.5, 0.6) is 0 Å². The first-order valence-electron chi connectivity index (χ1n) is 12.9. The van der Waals surface area contributed by atoms with Crippen LogP contribution in [0.4, 0.5) is 5.82 Å². The maximum absolute atomic E-state index is 13.4. The Balaban J connectivity index is 1.39. The largest absolute Gasteiger partial charge is 0.355 e. The molecule has 186 valence electrons. The van der Waals surface area contributed by atoms with E-state index in [0.717, 1.165) is 43.4 Å². The third-order valence-corrected chi connectivity index (χ3v) is 7.18. The highest BCUT2D eigenvalue weighted by atomic mass is 16.2. The molecular formula is C31H31N5O. The Kier molecular flexibility index (Phi) is 7.41. The van der Waals surface area contributed by atoms with Crippen molar-refractivity contribution in [3.05, 3.63) is 102 Å². The number of carbonyl (C=O) groups excluding carboxylic acids is 1. The highest BCUT2D eigenvalue weighted by molar-refractivity contribution is 5.89. The van der Waals surface area contributed by atoms with E-state index in [1.54, 1.807) is 0 Å². The van der Waals surface area contributed by atoms with Gasteiger partial charge in [-0.2, -0.15) is 5.26 Å². The van der Waals surface area contributed by atoms with Crippen LogP contribution in [0.2, 0.25) is 0 Å². The molecule has 6 nitrogen and oxygen atoms in total. The van der Waals surface area contributed by atoms with Gasteiger partial charge in [-0.15, -0.1) is 0 Å². The molecule has 1 fully saturated rings. The molecule has 0 spiro atoms. The number of anilines is 1. The van der Waals surface area contributed by atoms with Gasteiger partial charge in [-0.05, 0) is 55.4 Å². The van der Waals surface area contributed by atoms with Gasteiger partial charge in [-0.1, -0.05) is 72.8 Å². The van der Waals surface area contributed by atoms with Crippen LogP contribution >= 0.6 is 0 Å². The molecule has 0 bridgehead atoms. The number of rotatable bonds is 7. The zero-order valence-corrected chi connectivity index (χ0v) is 21.0. The van der Waals surface area contributed by atoms with Crippen LogP contribution in [0.3, 0.4) is 0 Å². The predicted octanol–water partition coefficient (Wildman–Crippen LogP) is 5.57. The number of aromatic nitrogens is 2. The Labute approximate surface area is 218 Å². The fraction of sp³-hybridized carbons (Fsp3) is 0.290. The Hall–Kier alpha value is -4.24. The Morgan fingerprint density at radius 3 is 2.19 bits per heavy atom. The standard InChI is InChI=1S/C31H31N5O/c1-22(25-12-6-3-7-13-25)33-31(37)26(21-32)29-30(35-28-15-9-8-14-27(28)34-29)36-18-16-24(17-19-36)20-23-10-4-2-5-11-23/h2-15,22,24,26H,16-20H2,1H3,(H,33,37). The van der Waals surface area contributed by atoms with Gasteiger partial charge in [-0.25, -0.2) is 9.97 Å². The second kappa shape index (κ2) is 11.2. The van der Waals surface area contributed by atoms with Gasteiger partial charge in [0.2, 0.25) is 5.91 Å². The third kappa shape index (κ3) is 5.62. The second-order valence-corrected chi connectivity index (χ2v) is 9.74. The van der Waals surface area contributed by atoms with E-state index in [2.05, 4.69) is 40.6 Å². The van der Waals surface area contributed by atoms with Crippen LogP contribution in [-0.2, 0) is 11.2 Å². The molecule has 2 atom stereocenters. The van der Waals surface area contributed by atoms with E-state index in [1.807, 2.05) is 67.6 Å². The van der Waals surface area contributed by atoms with Gasteiger partial charge >= 0.3 is 0 Å². The van der Waals surface area contributed by atoms with Gasteiger partial charge in [-0.3, -0.25) is 4.79 Å². The first-order valence-corrected chi connectivity index (χ1v) is 12.9. The monoisotopic (exact) mass is 489 g/mol. The van der Waals surface area contributed by atoms with Crippen molar-refractivity contribution >= 4 is 22.8 Å². The minimum atomic E-state index is -1.06. The summed E-state index contributed by atoms with van der Waals surface area (Å²) < 4.78 is 0. The van der Waals surface area contributed by atoms with Crippen LogP contribution in [0.1, 0.15) is 48.5 Å². The molecule has 1 aliphatic rings. The lowest BCUT2D eigenvalue weighted by atomic mass is 9.90. The predicted molar refractivity (Wildman–Crippen MR) is 146 cm³/mol. The molecule has 0 saturated carbocycles. The molecule has 6 heteroatoms. The number of fused-ring (bicyclic) bond motifs is 1. The van der Waals surface area contributed by atoms with Gasteiger partial charge in [0, 0.05) is 13.1 Å². The average molecular weight is 490 g/mol. The number of para-hydroxylation sites is 2. The highest BCUT2D eigenvalue weighted by Crippen LogP contribution is 2.31. The number of hydrogen-bond acceptors (Lipinski definition) is 5. The molecule has 2 unspecified atom stereocenters. The van der Waals surface area contributed by atoms with E-state index in [1.165, 1.54) is 5.56 Å². The van der Waals surface area contributed by atoms with Crippen molar-refractivity contribution in [1.82, 2.24) is 15.3 Å². The number of nitrogens with one attached hydrogen (secondary N) is 1. The van der Waals surface area contributed by atoms with Crippen molar-refractivity contribution in [3.63, 3.8) is 0 Å². The normalized spacial score (nSPS) is 15.6. The zero-order valence-electron chi connectivity index (χ0n) is 21.0. The molecule has 1 aliphatic heterocycles. The highest BCUT2D eigenvalue weighted by Gasteiger charge is 2.31. The van der Waals surface area contributed by atoms with Crippen LogP contribution in [-0.4, -0.2) is 29.0 Å². The van der Waals surface area contributed by atoms with Crippen molar-refractivity contribution < 1.29 is 4.79 Å². The van der Waals surface area contributed by atoms with Crippen molar-refractivity contribution in [1.29, 1.82) is 5.26 Å². The van der Waals surface area contributed by atoms with Crippen LogP contribution in [0, 0.1) is 17.2 Å². The van der Waals surface area contributed by atoms with E-state index in [9.17, 15) is 10.1 Å². The molecule has 1 amide bonds. The smallest absolute Gasteiger partial charge is 0.244 e. The average Bonchev–Trinajstić information content (AvgIpc) is 2.94. The lowest BCUT2D eigenvalue weighted by Gasteiger charge is -2.34. The number of nitriles is 1. The third-order valence-electron chi connectivity index (χ3n) is 7.18. The molecule has 4 aromatic rings. The lowest BCUT2D eigenvalue weighted by molar-refractivity contribution is -0.122. The molecule has 1 saturated heterocycles. The Bertz CT molecular complexity index is 1390. The molecular weight excluding hydrogens is 458 g/mol. The number of benzene rings is 3. The van der Waals surface area contributed by atoms with E-state index in [-0.39, 0.29) is 11.9 Å². The number of piperidine rings is 1. The summed E-state index contributed by atoms with van der Waals surface area (Å²) in [6.45, 7) is 3.56. The summed E-state index contributed by atoms with van der Waals surface area (Å²) in [5, 5.41) is 13.1. The van der Waals surface area contributed by atoms with Crippen LogP contribution in [0.25, 0.3) is 11.0 Å². The summed E-state index contributed by atoms with van der Waals surface area (Å²) in [7, 11) is 0. The zero-order chi connectivity index (χ0) is 25.6. The first kappa shape index (κ1) is 24.5. The summed E-state index contributed by atoms with van der Waals surface area (Å²) >= 11 is 0. The molecule has 1 N–H and O–H groups in total. The van der Waals surface area contributed by atoms with Crippen molar-refractivity contribution in [2.75, 3.05) is 18.0 Å². The summed E-state index contributed by atoms with van der Waals surface area (Å²) in [5.74, 6) is -0.174. The number of carbonyl (C=O) groups is 1. The summed E-state index contributed by atoms with van der Waals surface area (Å²) in [6, 6.07) is 30.0. The van der Waals surface area contributed by atoms with Gasteiger partial charge in [0.05, 0.1) is 23.1 Å². The van der Waals surface area contributed by atoms with E-state index in [4.69, 9.17) is 9.97 Å². The first-order chi connectivity index (χ1) is 18.1. The van der Waals surface area contributed by atoms with Gasteiger partial charge in [0.15, 0.2) is 11.7 Å². The minimum Gasteiger partial charge on any atom is -0.355 e. The fourth-order valence-corrected chi connectivity index (χ4v) is 5.09. The fourth-order valence-electron chi connectivity index (χ4n) is 5.09. The Morgan fingerprint density at radius 1 is 0.946 bits per heavy atom. The Morgan fingerprint density at radius 2 is 1.54 bits per heavy atom. The lowest BCUT2D eigenvalue weighted by Crippen LogP contribution is -2.37. The van der Waals surface area contributed by atoms with E-state index in [0.29, 0.717) is 22.9 Å². The molecule has 0 aliphatic carbocycles. The number of hydrogen-bond donors (Lipinski definition) is 1. The summed E-state index contributed by atoms with van der Waals surface area (Å²) in [4.78, 5) is 25.3. The van der Waals surface area contributed by atoms with Crippen molar-refractivity contribution in [2.24, 2.45) is 5.92 Å². The quantitative estimate of drug-likeness (QED) is 0.367. The molecule has 3 aromatic carbocycles. The molecule has 37 heavy (non-hydrogen) atoms. The molecule has 0 radical (unpaired) electrons. The van der Waals surface area contributed by atoms with Crippen molar-refractivity contribution in [2.45, 2.75) is 38.1 Å². The van der Waals surface area contributed by atoms with Gasteiger partial charge < -0.3 is 10.2 Å². The maximum Gasteiger partial charge on any atom is 0.244 e. The molecule has 2 heterocycles.